The van der Waals surface area contributed by atoms with Gasteiger partial charge in [0.1, 0.15) is 13.2 Å². The largest absolute Gasteiger partial charge is 0.494 e. The minimum Gasteiger partial charge on any atom is -0.494 e. The second-order valence-electron chi connectivity index (χ2n) is 9.75. The molecule has 0 aliphatic heterocycles. The average Bonchev–Trinajstić information content (AvgIpc) is 2.82. The lowest BCUT2D eigenvalue weighted by Gasteiger charge is -2.29. The first-order chi connectivity index (χ1) is 15.8. The van der Waals surface area contributed by atoms with Crippen molar-refractivity contribution in [2.45, 2.75) is 72.0 Å². The zero-order chi connectivity index (χ0) is 23.8. The number of hydrogen-bond acceptors (Lipinski definition) is 3. The molecule has 0 N–H and O–H groups in total. The molecule has 0 heterocycles. The van der Waals surface area contributed by atoms with E-state index in [9.17, 15) is 4.79 Å². The van der Waals surface area contributed by atoms with Gasteiger partial charge in [-0.25, -0.2) is 4.79 Å². The second-order valence-corrected chi connectivity index (χ2v) is 9.75. The predicted molar refractivity (Wildman–Crippen MR) is 135 cm³/mol. The van der Waals surface area contributed by atoms with Gasteiger partial charge in [-0.2, -0.15) is 0 Å². The number of esters is 1. The van der Waals surface area contributed by atoms with Crippen molar-refractivity contribution < 1.29 is 14.3 Å². The van der Waals surface area contributed by atoms with Crippen LogP contribution in [0.4, 0.5) is 0 Å². The van der Waals surface area contributed by atoms with Gasteiger partial charge in [0.05, 0.1) is 5.76 Å². The van der Waals surface area contributed by atoms with Crippen LogP contribution >= 0.6 is 0 Å². The van der Waals surface area contributed by atoms with Crippen LogP contribution < -0.4 is 0 Å². The molecule has 1 aliphatic carbocycles. The van der Waals surface area contributed by atoms with Crippen LogP contribution in [-0.2, 0) is 33.9 Å². The van der Waals surface area contributed by atoms with Gasteiger partial charge in [0.2, 0.25) is 0 Å². The number of carbonyl (C=O) groups is 1. The van der Waals surface area contributed by atoms with E-state index in [1.165, 1.54) is 42.4 Å². The molecule has 0 unspecified atom stereocenters. The number of rotatable bonds is 10. The van der Waals surface area contributed by atoms with E-state index in [1.54, 1.807) is 6.92 Å². The summed E-state index contributed by atoms with van der Waals surface area (Å²) < 4.78 is 11.0. The van der Waals surface area contributed by atoms with Crippen molar-refractivity contribution in [3.8, 4) is 0 Å². The van der Waals surface area contributed by atoms with Gasteiger partial charge in [-0.15, -0.1) is 0 Å². The normalized spacial score (nSPS) is 18.1. The van der Waals surface area contributed by atoms with E-state index in [1.807, 2.05) is 0 Å². The smallest absolute Gasteiger partial charge is 0.333 e. The van der Waals surface area contributed by atoms with E-state index < -0.39 is 0 Å². The van der Waals surface area contributed by atoms with Crippen LogP contribution in [0.25, 0.3) is 0 Å². The van der Waals surface area contributed by atoms with Crippen molar-refractivity contribution in [3.63, 3.8) is 0 Å². The lowest BCUT2D eigenvalue weighted by molar-refractivity contribution is -0.140. The van der Waals surface area contributed by atoms with Crippen molar-refractivity contribution >= 4 is 5.97 Å². The average molecular weight is 447 g/mol. The second kappa shape index (κ2) is 11.9. The summed E-state index contributed by atoms with van der Waals surface area (Å²) in [5, 5.41) is 0. The SMILES string of the molecule is C=C(C)C(=O)OCc1ccc(C2CCC(Cc3ccc(COC(=C)C(C)C)cc3)CC2)cc1. The Kier molecular flexibility index (Phi) is 8.94. The van der Waals surface area contributed by atoms with Crippen LogP contribution in [0.2, 0.25) is 0 Å². The maximum Gasteiger partial charge on any atom is 0.333 e. The van der Waals surface area contributed by atoms with E-state index in [-0.39, 0.29) is 5.97 Å². The highest BCUT2D eigenvalue weighted by Gasteiger charge is 2.22. The molecule has 2 aromatic rings. The van der Waals surface area contributed by atoms with Crippen LogP contribution in [0.3, 0.4) is 0 Å². The number of benzene rings is 2. The highest BCUT2D eigenvalue weighted by molar-refractivity contribution is 5.86. The number of hydrogen-bond donors (Lipinski definition) is 0. The van der Waals surface area contributed by atoms with E-state index in [0.717, 1.165) is 23.7 Å². The minimum absolute atomic E-state index is 0.302. The Morgan fingerprint density at radius 2 is 1.36 bits per heavy atom. The highest BCUT2D eigenvalue weighted by Crippen LogP contribution is 2.37. The van der Waals surface area contributed by atoms with Crippen LogP contribution in [0.5, 0.6) is 0 Å². The molecule has 1 fully saturated rings. The Morgan fingerprint density at radius 3 is 1.91 bits per heavy atom. The Balaban J connectivity index is 1.43. The van der Waals surface area contributed by atoms with E-state index in [4.69, 9.17) is 9.47 Å². The maximum atomic E-state index is 11.6. The van der Waals surface area contributed by atoms with Gasteiger partial charge in [-0.1, -0.05) is 75.5 Å². The molecular formula is C30H38O3. The fourth-order valence-corrected chi connectivity index (χ4v) is 4.31. The Morgan fingerprint density at radius 1 is 0.848 bits per heavy atom. The van der Waals surface area contributed by atoms with Crippen LogP contribution in [0, 0.1) is 11.8 Å². The van der Waals surface area contributed by atoms with Gasteiger partial charge >= 0.3 is 5.97 Å². The molecule has 3 nitrogen and oxygen atoms in total. The molecule has 33 heavy (non-hydrogen) atoms. The molecule has 0 aromatic heterocycles. The molecule has 0 saturated heterocycles. The third-order valence-electron chi connectivity index (χ3n) is 6.63. The summed E-state index contributed by atoms with van der Waals surface area (Å²) in [5.41, 5.74) is 5.46. The standard InChI is InChI=1S/C30H38O3/c1-21(2)23(5)32-19-26-8-6-24(7-9-26)18-25-10-14-28(15-11-25)29-16-12-27(13-17-29)20-33-30(31)22(3)4/h6-9,12-13,16-17,21,25,28H,3,5,10-11,14-15,18-20H2,1-2,4H3. The van der Waals surface area contributed by atoms with Crippen molar-refractivity contribution in [2.24, 2.45) is 11.8 Å². The fourth-order valence-electron chi connectivity index (χ4n) is 4.31. The van der Waals surface area contributed by atoms with Gasteiger partial charge in [0, 0.05) is 11.5 Å². The molecule has 3 rings (SSSR count). The van der Waals surface area contributed by atoms with Gasteiger partial charge in [0.25, 0.3) is 0 Å². The number of carbonyl (C=O) groups excluding carboxylic acids is 1. The van der Waals surface area contributed by atoms with Gasteiger partial charge in [-0.05, 0) is 73.1 Å². The molecule has 3 heteroatoms. The van der Waals surface area contributed by atoms with Gasteiger partial charge in [-0.3, -0.25) is 0 Å². The van der Waals surface area contributed by atoms with Gasteiger partial charge < -0.3 is 9.47 Å². The Labute approximate surface area is 199 Å². The maximum absolute atomic E-state index is 11.6. The van der Waals surface area contributed by atoms with E-state index >= 15 is 0 Å². The lowest BCUT2D eigenvalue weighted by atomic mass is 9.76. The molecule has 1 aliphatic rings. The summed E-state index contributed by atoms with van der Waals surface area (Å²) in [4.78, 5) is 11.6. The Bertz CT molecular complexity index is 930. The molecule has 1 saturated carbocycles. The molecule has 176 valence electrons. The van der Waals surface area contributed by atoms with Crippen molar-refractivity contribution in [1.29, 1.82) is 0 Å². The first-order valence-electron chi connectivity index (χ1n) is 12.1. The van der Waals surface area contributed by atoms with Crippen molar-refractivity contribution in [1.82, 2.24) is 0 Å². The summed E-state index contributed by atoms with van der Waals surface area (Å²) in [6.07, 6.45) is 6.15. The zero-order valence-electron chi connectivity index (χ0n) is 20.4. The third-order valence-corrected chi connectivity index (χ3v) is 6.63. The molecule has 0 spiro atoms. The van der Waals surface area contributed by atoms with Crippen LogP contribution in [0.15, 0.2) is 73.0 Å². The zero-order valence-corrected chi connectivity index (χ0v) is 20.4. The molecule has 0 bridgehead atoms. The lowest BCUT2D eigenvalue weighted by Crippen LogP contribution is -2.15. The minimum atomic E-state index is -0.336. The third kappa shape index (κ3) is 7.63. The summed E-state index contributed by atoms with van der Waals surface area (Å²) in [6.45, 7) is 14.3. The first-order valence-corrected chi connectivity index (χ1v) is 12.1. The van der Waals surface area contributed by atoms with Gasteiger partial charge in [0.15, 0.2) is 0 Å². The highest BCUT2D eigenvalue weighted by atomic mass is 16.5. The number of allylic oxidation sites excluding steroid dienone is 1. The number of ether oxygens (including phenoxy) is 2. The van der Waals surface area contributed by atoms with E-state index in [0.29, 0.717) is 30.6 Å². The first kappa shape index (κ1) is 24.8. The van der Waals surface area contributed by atoms with Crippen LogP contribution in [-0.4, -0.2) is 5.97 Å². The summed E-state index contributed by atoms with van der Waals surface area (Å²) in [7, 11) is 0. The molecule has 2 aromatic carbocycles. The monoisotopic (exact) mass is 446 g/mol. The van der Waals surface area contributed by atoms with Crippen molar-refractivity contribution in [3.05, 3.63) is 95.3 Å². The van der Waals surface area contributed by atoms with Crippen LogP contribution in [0.1, 0.15) is 74.6 Å². The molecular weight excluding hydrogens is 408 g/mol. The summed E-state index contributed by atoms with van der Waals surface area (Å²) in [6, 6.07) is 17.4. The van der Waals surface area contributed by atoms with Crippen molar-refractivity contribution in [2.75, 3.05) is 0 Å². The summed E-state index contributed by atoms with van der Waals surface area (Å²) >= 11 is 0. The summed E-state index contributed by atoms with van der Waals surface area (Å²) in [5.74, 6) is 2.24. The fraction of sp³-hybridized carbons (Fsp3) is 0.433. The topological polar surface area (TPSA) is 35.5 Å². The molecule has 0 amide bonds. The Hall–Kier alpha value is -2.81. The quantitative estimate of drug-likeness (QED) is 0.215. The molecule has 0 atom stereocenters. The van der Waals surface area contributed by atoms with E-state index in [2.05, 4.69) is 75.5 Å². The molecule has 0 radical (unpaired) electrons. The predicted octanol–water partition coefficient (Wildman–Crippen LogP) is 7.51.